The van der Waals surface area contributed by atoms with Gasteiger partial charge in [0.05, 0.1) is 0 Å². The second kappa shape index (κ2) is 21.4. The molecule has 0 saturated heterocycles. The van der Waals surface area contributed by atoms with Gasteiger partial charge in [0.15, 0.2) is 0 Å². The van der Waals surface area contributed by atoms with Crippen molar-refractivity contribution in [2.24, 2.45) is 0 Å². The summed E-state index contributed by atoms with van der Waals surface area (Å²) < 4.78 is 26.3. The molecular weight excluding hydrogens is 957 g/mol. The van der Waals surface area contributed by atoms with Crippen LogP contribution in [0.3, 0.4) is 0 Å². The molecule has 0 bridgehead atoms. The van der Waals surface area contributed by atoms with E-state index >= 15 is 0 Å². The van der Waals surface area contributed by atoms with E-state index in [2.05, 4.69) is 32.1 Å². The predicted octanol–water partition coefficient (Wildman–Crippen LogP) is 7.96. The van der Waals surface area contributed by atoms with Crippen LogP contribution in [0.2, 0.25) is 0 Å². The maximum absolute atomic E-state index is 13.5. The fourth-order valence-corrected chi connectivity index (χ4v) is 3.61. The zero-order valence-electron chi connectivity index (χ0n) is 23.5. The Hall–Kier alpha value is -3.28. The first-order chi connectivity index (χ1) is 20.3. The van der Waals surface area contributed by atoms with Gasteiger partial charge in [0.2, 0.25) is 0 Å². The van der Waals surface area contributed by atoms with Gasteiger partial charge >= 0.3 is 42.1 Å². The normalized spacial score (nSPS) is 9.18. The zero-order valence-corrected chi connectivity index (χ0v) is 29.7. The Labute approximate surface area is 297 Å². The molecular formula is C34H26F2N4Pt2S2. The minimum absolute atomic E-state index is 0. The second-order valence-electron chi connectivity index (χ2n) is 8.54. The molecule has 0 unspecified atom stereocenters. The van der Waals surface area contributed by atoms with Crippen LogP contribution in [0.1, 0.15) is 11.1 Å². The Kier molecular flexibility index (Phi) is 18.9. The summed E-state index contributed by atoms with van der Waals surface area (Å²) in [7, 11) is 0. The Morgan fingerprint density at radius 1 is 0.568 bits per heavy atom. The number of hydrogen-bond donors (Lipinski definition) is 0. The van der Waals surface area contributed by atoms with Crippen LogP contribution in [-0.2, 0) is 67.4 Å². The van der Waals surface area contributed by atoms with Gasteiger partial charge in [-0.15, -0.1) is 53.1 Å². The minimum atomic E-state index is -0.274. The molecule has 10 heteroatoms. The van der Waals surface area contributed by atoms with E-state index < -0.39 is 0 Å². The summed E-state index contributed by atoms with van der Waals surface area (Å²) in [5, 5.41) is 1.31. The first-order valence-electron chi connectivity index (χ1n) is 12.7. The molecule has 228 valence electrons. The topological polar surface area (TPSA) is 51.6 Å². The van der Waals surface area contributed by atoms with Gasteiger partial charge in [-0.25, -0.2) is 0 Å². The fourth-order valence-electron chi connectivity index (χ4n) is 3.33. The quantitative estimate of drug-likeness (QED) is 0.130. The average Bonchev–Trinajstić information content (AvgIpc) is 3.00. The van der Waals surface area contributed by atoms with Crippen molar-refractivity contribution >= 4 is 25.3 Å². The van der Waals surface area contributed by atoms with Crippen LogP contribution in [0.5, 0.6) is 0 Å². The number of halogens is 2. The first kappa shape index (κ1) is 38.7. The van der Waals surface area contributed by atoms with E-state index in [1.807, 2.05) is 62.4 Å². The number of pyridine rings is 4. The summed E-state index contributed by atoms with van der Waals surface area (Å²) in [6.07, 6.45) is 6.72. The van der Waals surface area contributed by atoms with E-state index in [1.165, 1.54) is 18.2 Å². The van der Waals surface area contributed by atoms with Gasteiger partial charge in [-0.3, -0.25) is 18.7 Å². The van der Waals surface area contributed by atoms with Crippen molar-refractivity contribution in [1.82, 2.24) is 19.9 Å². The molecule has 2 aromatic carbocycles. The van der Waals surface area contributed by atoms with Crippen LogP contribution < -0.4 is 0 Å². The third-order valence-corrected chi connectivity index (χ3v) is 5.74. The van der Waals surface area contributed by atoms with Gasteiger partial charge in [-0.05, 0) is 35.7 Å². The largest absolute Gasteiger partial charge is 2.00 e. The molecule has 0 saturated carbocycles. The smallest absolute Gasteiger partial charge is 0.760 e. The van der Waals surface area contributed by atoms with Crippen LogP contribution in [0, 0.1) is 37.6 Å². The monoisotopic (exact) mass is 982 g/mol. The molecule has 0 atom stereocenters. The molecule has 0 N–H and O–H groups in total. The van der Waals surface area contributed by atoms with Crippen LogP contribution in [-0.4, -0.2) is 19.9 Å². The molecule has 6 rings (SSSR count). The van der Waals surface area contributed by atoms with E-state index in [4.69, 9.17) is 25.3 Å². The van der Waals surface area contributed by atoms with Crippen molar-refractivity contribution in [3.05, 3.63) is 157 Å². The molecule has 44 heavy (non-hydrogen) atoms. The van der Waals surface area contributed by atoms with Crippen molar-refractivity contribution in [3.8, 4) is 22.5 Å². The zero-order chi connectivity index (χ0) is 30.2. The SMILES string of the molecule is Cc1c[c-]c(-c2ccccn2)c(F)c1.Cc1cc(F)c[c-]c1-c1ccccn1.[Pt+2].[Pt+2].[S-]c1ccccn1.[S-]c1ccccn1. The molecule has 0 aliphatic carbocycles. The molecule has 4 nitrogen and oxygen atoms in total. The van der Waals surface area contributed by atoms with Crippen molar-refractivity contribution < 1.29 is 50.9 Å². The summed E-state index contributed by atoms with van der Waals surface area (Å²) in [6, 6.07) is 33.9. The maximum Gasteiger partial charge on any atom is 2.00 e. The maximum atomic E-state index is 13.5. The standard InChI is InChI=1S/2C12H9FN.2C5H5NS.2Pt/c1-9-8-10(13)5-6-11(9)12-4-2-3-7-14-12;1-9-5-6-10(11(13)8-9)12-4-2-3-7-14-12;2*7-5-3-1-2-4-6-5;;/h2*2-5,7-8H,1H3;2*1-4H,(H,6,7);;/q2*-1;;;2*+2/p-2. The summed E-state index contributed by atoms with van der Waals surface area (Å²) in [5.41, 5.74) is 4.43. The third-order valence-electron chi connectivity index (χ3n) is 5.26. The number of aromatic nitrogens is 4. The minimum Gasteiger partial charge on any atom is -0.760 e. The Morgan fingerprint density at radius 2 is 1.02 bits per heavy atom. The van der Waals surface area contributed by atoms with Crippen molar-refractivity contribution in [1.29, 1.82) is 0 Å². The molecule has 6 aromatic rings. The van der Waals surface area contributed by atoms with E-state index in [1.54, 1.807) is 55.1 Å². The van der Waals surface area contributed by atoms with Crippen molar-refractivity contribution in [2.45, 2.75) is 23.9 Å². The van der Waals surface area contributed by atoms with Gasteiger partial charge < -0.3 is 35.2 Å². The first-order valence-corrected chi connectivity index (χ1v) is 13.5. The van der Waals surface area contributed by atoms with E-state index in [-0.39, 0.29) is 53.8 Å². The van der Waals surface area contributed by atoms with Crippen LogP contribution >= 0.6 is 0 Å². The average molecular weight is 983 g/mol. The molecule has 0 spiro atoms. The molecule has 0 amide bonds. The van der Waals surface area contributed by atoms with Gasteiger partial charge in [0.1, 0.15) is 0 Å². The van der Waals surface area contributed by atoms with Gasteiger partial charge in [-0.1, -0.05) is 78.0 Å². The number of rotatable bonds is 2. The molecule has 0 aliphatic heterocycles. The van der Waals surface area contributed by atoms with Crippen molar-refractivity contribution in [3.63, 3.8) is 0 Å². The summed E-state index contributed by atoms with van der Waals surface area (Å²) in [5.74, 6) is -0.536. The Balaban J connectivity index is 0.000000303. The van der Waals surface area contributed by atoms with Gasteiger partial charge in [0, 0.05) is 36.4 Å². The summed E-state index contributed by atoms with van der Waals surface area (Å²) in [6.45, 7) is 3.69. The van der Waals surface area contributed by atoms with Crippen LogP contribution in [0.4, 0.5) is 8.78 Å². The van der Waals surface area contributed by atoms with E-state index in [0.717, 1.165) is 22.4 Å². The van der Waals surface area contributed by atoms with Crippen LogP contribution in [0.15, 0.2) is 132 Å². The fraction of sp³-hybridized carbons (Fsp3) is 0.0588. The van der Waals surface area contributed by atoms with Crippen molar-refractivity contribution in [2.75, 3.05) is 0 Å². The number of hydrogen-bond acceptors (Lipinski definition) is 6. The van der Waals surface area contributed by atoms with Gasteiger partial charge in [-0.2, -0.15) is 0 Å². The van der Waals surface area contributed by atoms with E-state index in [9.17, 15) is 8.78 Å². The third kappa shape index (κ3) is 14.0. The number of nitrogens with zero attached hydrogens (tertiary/aromatic N) is 4. The summed E-state index contributed by atoms with van der Waals surface area (Å²) in [4.78, 5) is 15.8. The number of benzene rings is 2. The Bertz CT molecular complexity index is 1510. The second-order valence-corrected chi connectivity index (χ2v) is 9.38. The van der Waals surface area contributed by atoms with Crippen LogP contribution in [0.25, 0.3) is 22.5 Å². The summed E-state index contributed by atoms with van der Waals surface area (Å²) >= 11 is 9.40. The Morgan fingerprint density at radius 3 is 1.39 bits per heavy atom. The van der Waals surface area contributed by atoms with E-state index in [0.29, 0.717) is 21.3 Å². The molecule has 0 radical (unpaired) electrons. The predicted molar refractivity (Wildman–Crippen MR) is 166 cm³/mol. The number of aryl methyl sites for hydroxylation is 2. The molecule has 4 heterocycles. The molecule has 0 fully saturated rings. The molecule has 0 aliphatic rings. The molecule has 4 aromatic heterocycles. The van der Waals surface area contributed by atoms with Gasteiger partial charge in [0.25, 0.3) is 0 Å².